The summed E-state index contributed by atoms with van der Waals surface area (Å²) >= 11 is 5.93. The molecule has 4 nitrogen and oxygen atoms in total. The van der Waals surface area contributed by atoms with Gasteiger partial charge in [-0.2, -0.15) is 0 Å². The molecule has 1 atom stereocenters. The summed E-state index contributed by atoms with van der Waals surface area (Å²) in [4.78, 5) is 23.9. The average Bonchev–Trinajstić information content (AvgIpc) is 2.25. The maximum atomic E-state index is 12.1. The van der Waals surface area contributed by atoms with Crippen molar-refractivity contribution in [1.29, 1.82) is 0 Å². The lowest BCUT2D eigenvalue weighted by Gasteiger charge is -2.29. The zero-order valence-corrected chi connectivity index (χ0v) is 13.0. The van der Waals surface area contributed by atoms with Crippen LogP contribution in [-0.2, 0) is 15.1 Å². The van der Waals surface area contributed by atoms with Gasteiger partial charge in [0.15, 0.2) is 0 Å². The fourth-order valence-electron chi connectivity index (χ4n) is 1.88. The van der Waals surface area contributed by atoms with Crippen LogP contribution in [0.15, 0.2) is 24.3 Å². The third-order valence-electron chi connectivity index (χ3n) is 2.98. The highest BCUT2D eigenvalue weighted by Crippen LogP contribution is 2.25. The van der Waals surface area contributed by atoms with E-state index in [1.807, 2.05) is 20.8 Å². The summed E-state index contributed by atoms with van der Waals surface area (Å²) in [5.74, 6) is -0.846. The van der Waals surface area contributed by atoms with Gasteiger partial charge in [-0.25, -0.2) is 0 Å². The molecular weight excluding hydrogens is 276 g/mol. The van der Waals surface area contributed by atoms with Gasteiger partial charge in [-0.05, 0) is 30.0 Å². The van der Waals surface area contributed by atoms with E-state index in [1.54, 1.807) is 31.2 Å². The van der Waals surface area contributed by atoms with Gasteiger partial charge in [0.2, 0.25) is 11.8 Å². The Bertz CT molecular complexity index is 523. The normalized spacial score (nSPS) is 14.4. The highest BCUT2D eigenvalue weighted by Gasteiger charge is 2.35. The number of hydrogen-bond donors (Lipinski definition) is 2. The zero-order valence-electron chi connectivity index (χ0n) is 12.3. The molecule has 0 radical (unpaired) electrons. The van der Waals surface area contributed by atoms with Crippen molar-refractivity contribution in [2.24, 2.45) is 11.1 Å². The molecule has 3 N–H and O–H groups in total. The minimum Gasteiger partial charge on any atom is -0.367 e. The minimum atomic E-state index is -1.27. The Balaban J connectivity index is 3.05. The zero-order chi connectivity index (χ0) is 15.6. The van der Waals surface area contributed by atoms with Crippen molar-refractivity contribution < 1.29 is 9.59 Å². The van der Waals surface area contributed by atoms with Crippen LogP contribution in [0.1, 0.15) is 39.7 Å². The number of benzene rings is 1. The van der Waals surface area contributed by atoms with Gasteiger partial charge in [-0.1, -0.05) is 44.5 Å². The van der Waals surface area contributed by atoms with E-state index in [-0.39, 0.29) is 11.3 Å². The topological polar surface area (TPSA) is 72.2 Å². The van der Waals surface area contributed by atoms with Gasteiger partial charge in [0.25, 0.3) is 0 Å². The van der Waals surface area contributed by atoms with Crippen LogP contribution in [0.5, 0.6) is 0 Å². The second-order valence-corrected chi connectivity index (χ2v) is 6.72. The largest absolute Gasteiger partial charge is 0.367 e. The molecule has 0 bridgehead atoms. The molecule has 0 aromatic heterocycles. The number of nitrogens with two attached hydrogens (primary N) is 1. The van der Waals surface area contributed by atoms with Crippen LogP contribution in [0.4, 0.5) is 0 Å². The predicted octanol–water partition coefficient (Wildman–Crippen LogP) is 2.59. The summed E-state index contributed by atoms with van der Waals surface area (Å²) in [5.41, 5.74) is 4.60. The quantitative estimate of drug-likeness (QED) is 0.896. The molecule has 0 fully saturated rings. The predicted molar refractivity (Wildman–Crippen MR) is 80.2 cm³/mol. The van der Waals surface area contributed by atoms with Crippen LogP contribution >= 0.6 is 11.6 Å². The van der Waals surface area contributed by atoms with E-state index in [0.717, 1.165) is 0 Å². The number of nitrogens with one attached hydrogen (secondary N) is 1. The van der Waals surface area contributed by atoms with Crippen molar-refractivity contribution in [3.63, 3.8) is 0 Å². The van der Waals surface area contributed by atoms with Crippen LogP contribution in [-0.4, -0.2) is 11.8 Å². The molecule has 0 unspecified atom stereocenters. The van der Waals surface area contributed by atoms with Gasteiger partial charge < -0.3 is 11.1 Å². The van der Waals surface area contributed by atoms with Gasteiger partial charge in [-0.15, -0.1) is 0 Å². The van der Waals surface area contributed by atoms with Gasteiger partial charge in [0, 0.05) is 11.4 Å². The number of amides is 2. The van der Waals surface area contributed by atoms with E-state index in [1.165, 1.54) is 0 Å². The highest BCUT2D eigenvalue weighted by molar-refractivity contribution is 6.30. The van der Waals surface area contributed by atoms with E-state index < -0.39 is 11.4 Å². The Kier molecular flexibility index (Phi) is 4.81. The molecule has 0 saturated heterocycles. The van der Waals surface area contributed by atoms with Crippen LogP contribution in [0.3, 0.4) is 0 Å². The summed E-state index contributed by atoms with van der Waals surface area (Å²) in [5, 5.41) is 3.21. The molecular formula is C15H21ClN2O2. The Labute approximate surface area is 124 Å². The molecule has 5 heteroatoms. The number of halogens is 1. The number of hydrogen-bond acceptors (Lipinski definition) is 2. The molecule has 0 saturated carbocycles. The van der Waals surface area contributed by atoms with E-state index >= 15 is 0 Å². The number of primary amides is 1. The van der Waals surface area contributed by atoms with Crippen LogP contribution < -0.4 is 11.1 Å². The van der Waals surface area contributed by atoms with E-state index in [0.29, 0.717) is 17.0 Å². The third kappa shape index (κ3) is 4.23. The highest BCUT2D eigenvalue weighted by atomic mass is 35.5. The maximum Gasteiger partial charge on any atom is 0.247 e. The second-order valence-electron chi connectivity index (χ2n) is 6.29. The van der Waals surface area contributed by atoms with E-state index in [9.17, 15) is 9.59 Å². The van der Waals surface area contributed by atoms with Crippen molar-refractivity contribution in [1.82, 2.24) is 5.32 Å². The lowest BCUT2D eigenvalue weighted by atomic mass is 9.88. The minimum absolute atomic E-state index is 0.170. The molecule has 110 valence electrons. The van der Waals surface area contributed by atoms with Crippen LogP contribution in [0, 0.1) is 5.41 Å². The van der Waals surface area contributed by atoms with Gasteiger partial charge in [0.1, 0.15) is 5.54 Å². The first-order valence-electron chi connectivity index (χ1n) is 6.41. The molecule has 1 aromatic carbocycles. The fraction of sp³-hybridized carbons (Fsp3) is 0.467. The molecule has 0 spiro atoms. The maximum absolute atomic E-state index is 12.1. The first kappa shape index (κ1) is 16.5. The Hall–Kier alpha value is -1.55. The second kappa shape index (κ2) is 5.83. The standard InChI is InChI=1S/C15H21ClN2O2/c1-14(2,3)9-12(19)18-15(4,13(17)20)10-6-5-7-11(16)8-10/h5-8H,9H2,1-4H3,(H2,17,20)(H,18,19)/t15-/m1/s1. The van der Waals surface area contributed by atoms with Crippen molar-refractivity contribution >= 4 is 23.4 Å². The smallest absolute Gasteiger partial charge is 0.247 e. The first-order chi connectivity index (χ1) is 9.04. The number of carbonyl (C=O) groups excluding carboxylic acids is 2. The SMILES string of the molecule is CC(C)(C)CC(=O)N[C@@](C)(C(N)=O)c1cccc(Cl)c1. The van der Waals surface area contributed by atoms with Gasteiger partial charge >= 0.3 is 0 Å². The van der Waals surface area contributed by atoms with Crippen molar-refractivity contribution in [3.8, 4) is 0 Å². The lowest BCUT2D eigenvalue weighted by molar-refractivity contribution is -0.132. The molecule has 0 aliphatic rings. The third-order valence-corrected chi connectivity index (χ3v) is 3.21. The Morgan fingerprint density at radius 3 is 2.30 bits per heavy atom. The number of rotatable bonds is 4. The van der Waals surface area contributed by atoms with Crippen molar-refractivity contribution in [2.45, 2.75) is 39.7 Å². The van der Waals surface area contributed by atoms with Gasteiger partial charge in [-0.3, -0.25) is 9.59 Å². The molecule has 0 aliphatic carbocycles. The average molecular weight is 297 g/mol. The molecule has 1 aromatic rings. The molecule has 1 rings (SSSR count). The summed E-state index contributed by atoms with van der Waals surface area (Å²) < 4.78 is 0. The molecule has 0 heterocycles. The molecule has 0 aliphatic heterocycles. The Morgan fingerprint density at radius 2 is 1.85 bits per heavy atom. The van der Waals surface area contributed by atoms with Gasteiger partial charge in [0.05, 0.1) is 0 Å². The summed E-state index contributed by atoms with van der Waals surface area (Å²) in [6, 6.07) is 6.76. The summed E-state index contributed by atoms with van der Waals surface area (Å²) in [6.45, 7) is 7.44. The Morgan fingerprint density at radius 1 is 1.25 bits per heavy atom. The summed E-state index contributed by atoms with van der Waals surface area (Å²) in [7, 11) is 0. The van der Waals surface area contributed by atoms with E-state index in [2.05, 4.69) is 5.32 Å². The number of carbonyl (C=O) groups is 2. The first-order valence-corrected chi connectivity index (χ1v) is 6.79. The molecule has 20 heavy (non-hydrogen) atoms. The van der Waals surface area contributed by atoms with E-state index in [4.69, 9.17) is 17.3 Å². The fourth-order valence-corrected chi connectivity index (χ4v) is 2.07. The van der Waals surface area contributed by atoms with Crippen molar-refractivity contribution in [3.05, 3.63) is 34.9 Å². The van der Waals surface area contributed by atoms with Crippen LogP contribution in [0.2, 0.25) is 5.02 Å². The molecule has 2 amide bonds. The van der Waals surface area contributed by atoms with Crippen molar-refractivity contribution in [2.75, 3.05) is 0 Å². The monoisotopic (exact) mass is 296 g/mol. The lowest BCUT2D eigenvalue weighted by Crippen LogP contribution is -2.53. The van der Waals surface area contributed by atoms with Crippen LogP contribution in [0.25, 0.3) is 0 Å². The summed E-state index contributed by atoms with van der Waals surface area (Å²) in [6.07, 6.45) is 0.302.